The highest BCUT2D eigenvalue weighted by Gasteiger charge is 2.21. The lowest BCUT2D eigenvalue weighted by Crippen LogP contribution is -2.27. The lowest BCUT2D eigenvalue weighted by Gasteiger charge is -2.15. The summed E-state index contributed by atoms with van der Waals surface area (Å²) in [6.07, 6.45) is 3.17. The van der Waals surface area contributed by atoms with Crippen molar-refractivity contribution in [2.45, 2.75) is 11.4 Å². The minimum Gasteiger partial charge on any atom is -0.347 e. The Hall–Kier alpha value is -1.73. The van der Waals surface area contributed by atoms with Gasteiger partial charge in [-0.05, 0) is 24.3 Å². The normalized spacial score (nSPS) is 11.9. The van der Waals surface area contributed by atoms with Crippen molar-refractivity contribution >= 4 is 10.0 Å². The summed E-state index contributed by atoms with van der Waals surface area (Å²) in [5.41, 5.74) is 0. The standard InChI is InChI=1S/C11H12FN3O2S/c1-15(8-11-13-6-7-14-11)18(16,17)10-4-2-9(12)3-5-10/h2-7H,8H2,1H3,(H,13,14). The quantitative estimate of drug-likeness (QED) is 0.911. The maximum atomic E-state index is 12.8. The average molecular weight is 269 g/mol. The number of rotatable bonds is 4. The van der Waals surface area contributed by atoms with E-state index in [0.29, 0.717) is 5.82 Å². The molecule has 1 heterocycles. The first-order chi connectivity index (χ1) is 8.50. The van der Waals surface area contributed by atoms with E-state index in [0.717, 1.165) is 16.4 Å². The van der Waals surface area contributed by atoms with Gasteiger partial charge in [-0.15, -0.1) is 0 Å². The Balaban J connectivity index is 2.22. The molecule has 2 aromatic rings. The molecule has 0 radical (unpaired) electrons. The summed E-state index contributed by atoms with van der Waals surface area (Å²) in [5.74, 6) is 0.0748. The second-order valence-electron chi connectivity index (χ2n) is 3.75. The third kappa shape index (κ3) is 2.57. The summed E-state index contributed by atoms with van der Waals surface area (Å²) in [5, 5.41) is 0. The van der Waals surface area contributed by atoms with Crippen LogP contribution in [0.5, 0.6) is 0 Å². The van der Waals surface area contributed by atoms with E-state index >= 15 is 0 Å². The predicted octanol–water partition coefficient (Wildman–Crippen LogP) is 1.37. The fraction of sp³-hybridized carbons (Fsp3) is 0.182. The Morgan fingerprint density at radius 1 is 1.33 bits per heavy atom. The molecule has 0 aliphatic heterocycles. The summed E-state index contributed by atoms with van der Waals surface area (Å²) in [6, 6.07) is 4.72. The van der Waals surface area contributed by atoms with Gasteiger partial charge < -0.3 is 4.98 Å². The number of nitrogens with one attached hydrogen (secondary N) is 1. The lowest BCUT2D eigenvalue weighted by molar-refractivity contribution is 0.458. The van der Waals surface area contributed by atoms with E-state index in [1.54, 1.807) is 12.4 Å². The van der Waals surface area contributed by atoms with E-state index in [1.807, 2.05) is 0 Å². The molecule has 0 aliphatic rings. The van der Waals surface area contributed by atoms with Gasteiger partial charge in [0, 0.05) is 19.4 Å². The molecule has 1 aromatic carbocycles. The molecule has 2 rings (SSSR count). The Labute approximate surface area is 104 Å². The molecule has 0 aliphatic carbocycles. The van der Waals surface area contributed by atoms with Crippen LogP contribution in [0.1, 0.15) is 5.82 Å². The zero-order valence-electron chi connectivity index (χ0n) is 9.67. The van der Waals surface area contributed by atoms with Crippen LogP contribution < -0.4 is 0 Å². The number of aromatic nitrogens is 2. The monoisotopic (exact) mass is 269 g/mol. The molecular weight excluding hydrogens is 257 g/mol. The van der Waals surface area contributed by atoms with Crippen LogP contribution in [0.2, 0.25) is 0 Å². The van der Waals surface area contributed by atoms with Gasteiger partial charge in [-0.1, -0.05) is 0 Å². The van der Waals surface area contributed by atoms with Gasteiger partial charge in [-0.2, -0.15) is 4.31 Å². The number of hydrogen-bond donors (Lipinski definition) is 1. The molecule has 0 bridgehead atoms. The van der Waals surface area contributed by atoms with Crippen molar-refractivity contribution < 1.29 is 12.8 Å². The largest absolute Gasteiger partial charge is 0.347 e. The Morgan fingerprint density at radius 2 is 2.00 bits per heavy atom. The van der Waals surface area contributed by atoms with Crippen molar-refractivity contribution in [2.24, 2.45) is 0 Å². The molecule has 0 saturated carbocycles. The number of halogens is 1. The van der Waals surface area contributed by atoms with Gasteiger partial charge in [-0.25, -0.2) is 17.8 Å². The highest BCUT2D eigenvalue weighted by Crippen LogP contribution is 2.15. The van der Waals surface area contributed by atoms with E-state index in [1.165, 1.54) is 19.2 Å². The average Bonchev–Trinajstić information content (AvgIpc) is 2.82. The van der Waals surface area contributed by atoms with E-state index in [4.69, 9.17) is 0 Å². The van der Waals surface area contributed by atoms with Crippen LogP contribution in [0.4, 0.5) is 4.39 Å². The van der Waals surface area contributed by atoms with Crippen molar-refractivity contribution in [2.75, 3.05) is 7.05 Å². The summed E-state index contributed by atoms with van der Waals surface area (Å²) in [4.78, 5) is 6.83. The van der Waals surface area contributed by atoms with Gasteiger partial charge in [0.25, 0.3) is 0 Å². The fourth-order valence-corrected chi connectivity index (χ4v) is 2.60. The predicted molar refractivity (Wildman–Crippen MR) is 63.6 cm³/mol. The van der Waals surface area contributed by atoms with Gasteiger partial charge in [0.15, 0.2) is 0 Å². The maximum Gasteiger partial charge on any atom is 0.243 e. The van der Waals surface area contributed by atoms with Crippen LogP contribution in [0, 0.1) is 5.82 Å². The molecule has 1 N–H and O–H groups in total. The minimum absolute atomic E-state index is 0.0537. The van der Waals surface area contributed by atoms with Gasteiger partial charge in [-0.3, -0.25) is 0 Å². The van der Waals surface area contributed by atoms with Crippen molar-refractivity contribution in [3.05, 3.63) is 48.3 Å². The van der Waals surface area contributed by atoms with Crippen molar-refractivity contribution in [3.63, 3.8) is 0 Å². The van der Waals surface area contributed by atoms with E-state index < -0.39 is 15.8 Å². The summed E-state index contributed by atoms with van der Waals surface area (Å²) in [7, 11) is -2.18. The molecule has 0 fully saturated rings. The van der Waals surface area contributed by atoms with Crippen LogP contribution in [0.15, 0.2) is 41.6 Å². The number of nitrogens with zero attached hydrogens (tertiary/aromatic N) is 2. The van der Waals surface area contributed by atoms with Crippen molar-refractivity contribution in [3.8, 4) is 0 Å². The molecule has 0 spiro atoms. The zero-order valence-corrected chi connectivity index (χ0v) is 10.5. The number of aromatic amines is 1. The molecule has 18 heavy (non-hydrogen) atoms. The number of H-pyrrole nitrogens is 1. The summed E-state index contributed by atoms with van der Waals surface area (Å²) in [6.45, 7) is 0.132. The van der Waals surface area contributed by atoms with Gasteiger partial charge in [0.1, 0.15) is 11.6 Å². The molecule has 0 atom stereocenters. The fourth-order valence-electron chi connectivity index (χ4n) is 1.47. The minimum atomic E-state index is -3.63. The SMILES string of the molecule is CN(Cc1ncc[nH]1)S(=O)(=O)c1ccc(F)cc1. The first-order valence-corrected chi connectivity index (χ1v) is 6.64. The van der Waals surface area contributed by atoms with E-state index in [-0.39, 0.29) is 11.4 Å². The van der Waals surface area contributed by atoms with Crippen LogP contribution in [-0.4, -0.2) is 29.7 Å². The van der Waals surface area contributed by atoms with Gasteiger partial charge >= 0.3 is 0 Å². The van der Waals surface area contributed by atoms with Crippen molar-refractivity contribution in [1.29, 1.82) is 0 Å². The smallest absolute Gasteiger partial charge is 0.243 e. The number of hydrogen-bond acceptors (Lipinski definition) is 3. The third-order valence-electron chi connectivity index (χ3n) is 2.45. The molecule has 5 nitrogen and oxygen atoms in total. The highest BCUT2D eigenvalue weighted by molar-refractivity contribution is 7.89. The van der Waals surface area contributed by atoms with Gasteiger partial charge in [0.2, 0.25) is 10.0 Å². The number of benzene rings is 1. The second kappa shape index (κ2) is 4.87. The Kier molecular flexibility index (Phi) is 3.44. The molecule has 1 aromatic heterocycles. The Bertz CT molecular complexity index is 608. The molecular formula is C11H12FN3O2S. The summed E-state index contributed by atoms with van der Waals surface area (Å²) >= 11 is 0. The number of sulfonamides is 1. The molecule has 96 valence electrons. The van der Waals surface area contributed by atoms with Crippen molar-refractivity contribution in [1.82, 2.24) is 14.3 Å². The first kappa shape index (κ1) is 12.7. The maximum absolute atomic E-state index is 12.8. The lowest BCUT2D eigenvalue weighted by atomic mass is 10.4. The van der Waals surface area contributed by atoms with E-state index in [2.05, 4.69) is 9.97 Å². The first-order valence-electron chi connectivity index (χ1n) is 5.20. The molecule has 0 unspecified atom stereocenters. The molecule has 0 amide bonds. The topological polar surface area (TPSA) is 66.1 Å². The molecule has 0 saturated heterocycles. The van der Waals surface area contributed by atoms with Crippen LogP contribution in [-0.2, 0) is 16.6 Å². The highest BCUT2D eigenvalue weighted by atomic mass is 32.2. The molecule has 7 heteroatoms. The summed E-state index contributed by atoms with van der Waals surface area (Å²) < 4.78 is 38.2. The Morgan fingerprint density at radius 3 is 2.56 bits per heavy atom. The third-order valence-corrected chi connectivity index (χ3v) is 4.27. The van der Waals surface area contributed by atoms with Crippen LogP contribution in [0.3, 0.4) is 0 Å². The van der Waals surface area contributed by atoms with Gasteiger partial charge in [0.05, 0.1) is 11.4 Å². The number of imidazole rings is 1. The van der Waals surface area contributed by atoms with E-state index in [9.17, 15) is 12.8 Å². The van der Waals surface area contributed by atoms with Crippen LogP contribution in [0.25, 0.3) is 0 Å². The zero-order chi connectivity index (χ0) is 13.2. The second-order valence-corrected chi connectivity index (χ2v) is 5.80. The van der Waals surface area contributed by atoms with Crippen LogP contribution >= 0.6 is 0 Å².